The topological polar surface area (TPSA) is 75.8 Å². The van der Waals surface area contributed by atoms with Crippen molar-refractivity contribution in [2.45, 2.75) is 45.3 Å². The third-order valence-electron chi connectivity index (χ3n) is 5.17. The number of nitrogens with zero attached hydrogens (tertiary/aromatic N) is 2. The maximum Gasteiger partial charge on any atom is 0.308 e. The maximum absolute atomic E-state index is 11.4. The summed E-state index contributed by atoms with van der Waals surface area (Å²) < 4.78 is 10.7. The van der Waals surface area contributed by atoms with Crippen LogP contribution in [0.3, 0.4) is 0 Å². The van der Waals surface area contributed by atoms with Gasteiger partial charge in [0.15, 0.2) is 5.76 Å². The summed E-state index contributed by atoms with van der Waals surface area (Å²) in [5.41, 5.74) is 1.73. The number of hydrogen-bond acceptors (Lipinski definition) is 5. The van der Waals surface area contributed by atoms with Gasteiger partial charge in [-0.3, -0.25) is 9.69 Å². The van der Waals surface area contributed by atoms with Crippen LogP contribution in [0, 0.1) is 5.92 Å². The van der Waals surface area contributed by atoms with Gasteiger partial charge in [0, 0.05) is 23.7 Å². The third-order valence-corrected chi connectivity index (χ3v) is 5.17. The Hall–Kier alpha value is -2.34. The number of hydrogen-bond donors (Lipinski definition) is 1. The van der Waals surface area contributed by atoms with Gasteiger partial charge >= 0.3 is 5.97 Å². The molecule has 3 unspecified atom stereocenters. The number of rotatable bonds is 5. The number of carbonyl (C=O) groups is 1. The van der Waals surface area contributed by atoms with Crippen LogP contribution in [0.1, 0.15) is 32.4 Å². The van der Waals surface area contributed by atoms with E-state index in [4.69, 9.17) is 9.26 Å². The van der Waals surface area contributed by atoms with Crippen molar-refractivity contribution < 1.29 is 19.2 Å². The smallest absolute Gasteiger partial charge is 0.308 e. The molecule has 0 bridgehead atoms. The lowest BCUT2D eigenvalue weighted by Gasteiger charge is -2.41. The summed E-state index contributed by atoms with van der Waals surface area (Å²) in [5.74, 6) is 0.486. The van der Waals surface area contributed by atoms with Crippen molar-refractivity contribution in [3.8, 4) is 17.0 Å². The van der Waals surface area contributed by atoms with Crippen LogP contribution in [0.15, 0.2) is 34.9 Å². The minimum Gasteiger partial charge on any atom is -0.497 e. The van der Waals surface area contributed by atoms with Gasteiger partial charge in [0.1, 0.15) is 11.4 Å². The predicted octanol–water partition coefficient (Wildman–Crippen LogP) is 3.42. The van der Waals surface area contributed by atoms with Crippen LogP contribution in [0.4, 0.5) is 0 Å². The van der Waals surface area contributed by atoms with E-state index in [1.54, 1.807) is 7.11 Å². The molecule has 1 aromatic carbocycles. The monoisotopic (exact) mass is 344 g/mol. The maximum atomic E-state index is 11.4. The lowest BCUT2D eigenvalue weighted by atomic mass is 9.86. The van der Waals surface area contributed by atoms with Gasteiger partial charge < -0.3 is 14.4 Å². The molecule has 0 aliphatic carbocycles. The number of piperidine rings is 1. The highest BCUT2D eigenvalue weighted by atomic mass is 16.5. The molecule has 1 N–H and O–H groups in total. The molecule has 3 rings (SSSR count). The van der Waals surface area contributed by atoms with Crippen molar-refractivity contribution in [1.29, 1.82) is 0 Å². The van der Waals surface area contributed by atoms with Gasteiger partial charge in [0.25, 0.3) is 0 Å². The second kappa shape index (κ2) is 7.27. The van der Waals surface area contributed by atoms with Crippen molar-refractivity contribution in [3.05, 3.63) is 36.1 Å². The minimum absolute atomic E-state index is 0.0317. The van der Waals surface area contributed by atoms with E-state index in [1.165, 1.54) is 0 Å². The molecular formula is C19H24N2O4. The van der Waals surface area contributed by atoms with Crippen molar-refractivity contribution in [3.63, 3.8) is 0 Å². The first-order chi connectivity index (χ1) is 12.0. The molecule has 0 spiro atoms. The number of likely N-dealkylation sites (tertiary alicyclic amines) is 1. The Morgan fingerprint density at radius 3 is 2.68 bits per heavy atom. The zero-order chi connectivity index (χ0) is 18.0. The Labute approximate surface area is 147 Å². The molecule has 2 aromatic rings. The summed E-state index contributed by atoms with van der Waals surface area (Å²) in [6.07, 6.45) is 1.60. The molecule has 2 heterocycles. The zero-order valence-corrected chi connectivity index (χ0v) is 14.8. The fraction of sp³-hybridized carbons (Fsp3) is 0.474. The average molecular weight is 344 g/mol. The zero-order valence-electron chi connectivity index (χ0n) is 14.8. The van der Waals surface area contributed by atoms with Crippen LogP contribution in [-0.4, -0.2) is 40.3 Å². The van der Waals surface area contributed by atoms with Gasteiger partial charge in [-0.05, 0) is 51.0 Å². The SMILES string of the molecule is COc1ccc(-c2cc(CN3C(C)CCC(C(=O)O)C3C)on2)cc1. The highest BCUT2D eigenvalue weighted by Gasteiger charge is 2.36. The van der Waals surface area contributed by atoms with E-state index >= 15 is 0 Å². The molecule has 0 amide bonds. The summed E-state index contributed by atoms with van der Waals surface area (Å²) >= 11 is 0. The van der Waals surface area contributed by atoms with E-state index < -0.39 is 5.97 Å². The summed E-state index contributed by atoms with van der Waals surface area (Å²) in [6.45, 7) is 4.68. The summed E-state index contributed by atoms with van der Waals surface area (Å²) in [6, 6.07) is 9.85. The van der Waals surface area contributed by atoms with Crippen LogP contribution >= 0.6 is 0 Å². The second-order valence-corrected chi connectivity index (χ2v) is 6.69. The summed E-state index contributed by atoms with van der Waals surface area (Å²) in [5, 5.41) is 13.6. The molecular weight excluding hydrogens is 320 g/mol. The largest absolute Gasteiger partial charge is 0.497 e. The van der Waals surface area contributed by atoms with Gasteiger partial charge in [0.2, 0.25) is 0 Å². The van der Waals surface area contributed by atoms with Crippen LogP contribution in [0.2, 0.25) is 0 Å². The Morgan fingerprint density at radius 2 is 2.04 bits per heavy atom. The highest BCUT2D eigenvalue weighted by Crippen LogP contribution is 2.30. The Kier molecular flexibility index (Phi) is 5.08. The molecule has 6 nitrogen and oxygen atoms in total. The standard InChI is InChI=1S/C19H24N2O4/c1-12-4-9-17(19(22)23)13(2)21(12)11-16-10-18(20-25-16)14-5-7-15(24-3)8-6-14/h5-8,10,12-13,17H,4,9,11H2,1-3H3,(H,22,23). The highest BCUT2D eigenvalue weighted by molar-refractivity contribution is 5.71. The van der Waals surface area contributed by atoms with Crippen molar-refractivity contribution in [2.24, 2.45) is 5.92 Å². The first-order valence-electron chi connectivity index (χ1n) is 8.58. The molecule has 6 heteroatoms. The number of ether oxygens (including phenoxy) is 1. The van der Waals surface area contributed by atoms with Gasteiger partial charge in [0.05, 0.1) is 19.6 Å². The Morgan fingerprint density at radius 1 is 1.32 bits per heavy atom. The average Bonchev–Trinajstić information content (AvgIpc) is 3.07. The third kappa shape index (κ3) is 3.69. The lowest BCUT2D eigenvalue weighted by molar-refractivity contribution is -0.146. The van der Waals surface area contributed by atoms with Gasteiger partial charge in [-0.1, -0.05) is 5.16 Å². The van der Waals surface area contributed by atoms with E-state index in [-0.39, 0.29) is 12.0 Å². The van der Waals surface area contributed by atoms with E-state index in [9.17, 15) is 9.90 Å². The number of carboxylic acid groups (broad SMARTS) is 1. The van der Waals surface area contributed by atoms with Crippen molar-refractivity contribution >= 4 is 5.97 Å². The molecule has 3 atom stereocenters. The van der Waals surface area contributed by atoms with E-state index in [2.05, 4.69) is 17.0 Å². The molecule has 1 aliphatic heterocycles. The first kappa shape index (κ1) is 17.5. The fourth-order valence-electron chi connectivity index (χ4n) is 3.56. The molecule has 1 aliphatic rings. The normalized spacial score (nSPS) is 24.2. The molecule has 1 fully saturated rings. The molecule has 1 saturated heterocycles. The lowest BCUT2D eigenvalue weighted by Crippen LogP contribution is -2.50. The summed E-state index contributed by atoms with van der Waals surface area (Å²) in [7, 11) is 1.63. The fourth-order valence-corrected chi connectivity index (χ4v) is 3.56. The van der Waals surface area contributed by atoms with Gasteiger partial charge in [-0.15, -0.1) is 0 Å². The molecule has 134 valence electrons. The number of carboxylic acids is 1. The number of methoxy groups -OCH3 is 1. The molecule has 25 heavy (non-hydrogen) atoms. The van der Waals surface area contributed by atoms with E-state index in [1.807, 2.05) is 37.3 Å². The van der Waals surface area contributed by atoms with Crippen LogP contribution in [-0.2, 0) is 11.3 Å². The minimum atomic E-state index is -0.721. The van der Waals surface area contributed by atoms with Gasteiger partial charge in [-0.25, -0.2) is 0 Å². The van der Waals surface area contributed by atoms with Crippen LogP contribution in [0.5, 0.6) is 5.75 Å². The predicted molar refractivity (Wildman–Crippen MR) is 93.3 cm³/mol. The summed E-state index contributed by atoms with van der Waals surface area (Å²) in [4.78, 5) is 13.6. The second-order valence-electron chi connectivity index (χ2n) is 6.69. The van der Waals surface area contributed by atoms with Crippen molar-refractivity contribution in [1.82, 2.24) is 10.1 Å². The molecule has 0 saturated carbocycles. The number of aliphatic carboxylic acids is 1. The van der Waals surface area contributed by atoms with Crippen LogP contribution in [0.25, 0.3) is 11.3 Å². The Bertz CT molecular complexity index is 725. The van der Waals surface area contributed by atoms with Crippen LogP contribution < -0.4 is 4.74 Å². The van der Waals surface area contributed by atoms with Gasteiger partial charge in [-0.2, -0.15) is 0 Å². The first-order valence-corrected chi connectivity index (χ1v) is 8.58. The number of aromatic nitrogens is 1. The van der Waals surface area contributed by atoms with E-state index in [0.717, 1.165) is 35.6 Å². The molecule has 0 radical (unpaired) electrons. The van der Waals surface area contributed by atoms with E-state index in [0.29, 0.717) is 12.6 Å². The Balaban J connectivity index is 1.74. The van der Waals surface area contributed by atoms with Crippen molar-refractivity contribution in [2.75, 3.05) is 7.11 Å². The quantitative estimate of drug-likeness (QED) is 0.896. The number of benzene rings is 1. The molecule has 1 aromatic heterocycles.